The first-order valence-corrected chi connectivity index (χ1v) is 15.4. The molecule has 47 heavy (non-hydrogen) atoms. The minimum absolute atomic E-state index is 0.0848. The van der Waals surface area contributed by atoms with Crippen molar-refractivity contribution in [3.63, 3.8) is 0 Å². The van der Waals surface area contributed by atoms with E-state index in [1.165, 1.54) is 7.11 Å². The summed E-state index contributed by atoms with van der Waals surface area (Å²) < 4.78 is 17.2. The summed E-state index contributed by atoms with van der Waals surface area (Å²) in [7, 11) is 1.23. The van der Waals surface area contributed by atoms with Crippen LogP contribution in [-0.2, 0) is 50.0 Å². The summed E-state index contributed by atoms with van der Waals surface area (Å²) in [6.07, 6.45) is 0.0666. The van der Waals surface area contributed by atoms with Crippen LogP contribution in [-0.4, -0.2) is 48.9 Å². The Balaban J connectivity index is 1.24. The van der Waals surface area contributed by atoms with Gasteiger partial charge < -0.3 is 30.2 Å². The van der Waals surface area contributed by atoms with Gasteiger partial charge in [0, 0.05) is 12.8 Å². The maximum absolute atomic E-state index is 13.1. The number of amides is 3. The number of hydrogen-bond donors (Lipinski definition) is 3. The predicted molar refractivity (Wildman–Crippen MR) is 174 cm³/mol. The molecule has 1 aliphatic rings. The maximum Gasteiger partial charge on any atom is 0.328 e. The van der Waals surface area contributed by atoms with Crippen molar-refractivity contribution in [3.8, 4) is 11.5 Å². The third kappa shape index (κ3) is 9.43. The molecule has 0 aromatic heterocycles. The molecule has 5 rings (SSSR count). The fourth-order valence-corrected chi connectivity index (χ4v) is 5.21. The van der Waals surface area contributed by atoms with Gasteiger partial charge in [0.25, 0.3) is 0 Å². The van der Waals surface area contributed by atoms with Gasteiger partial charge in [-0.1, -0.05) is 97.1 Å². The van der Waals surface area contributed by atoms with E-state index >= 15 is 0 Å². The highest BCUT2D eigenvalue weighted by Gasteiger charge is 2.35. The molecule has 0 spiro atoms. The minimum Gasteiger partial charge on any atom is -0.485 e. The van der Waals surface area contributed by atoms with E-state index in [0.717, 1.165) is 16.7 Å². The van der Waals surface area contributed by atoms with Gasteiger partial charge in [0.1, 0.15) is 31.3 Å². The Morgan fingerprint density at radius 2 is 1.21 bits per heavy atom. The summed E-state index contributed by atoms with van der Waals surface area (Å²) in [6.45, 7) is 0.631. The molecule has 242 valence electrons. The molecule has 0 bridgehead atoms. The first-order valence-electron chi connectivity index (χ1n) is 15.4. The van der Waals surface area contributed by atoms with Crippen LogP contribution in [0.15, 0.2) is 109 Å². The van der Waals surface area contributed by atoms with Crippen LogP contribution in [0.25, 0.3) is 0 Å². The molecule has 1 heterocycles. The van der Waals surface area contributed by atoms with E-state index < -0.39 is 35.9 Å². The highest BCUT2D eigenvalue weighted by Crippen LogP contribution is 2.31. The van der Waals surface area contributed by atoms with Crippen molar-refractivity contribution in [2.24, 2.45) is 0 Å². The lowest BCUT2D eigenvalue weighted by Crippen LogP contribution is -2.63. The van der Waals surface area contributed by atoms with E-state index in [9.17, 15) is 19.2 Å². The van der Waals surface area contributed by atoms with Gasteiger partial charge in [-0.05, 0) is 34.4 Å². The Morgan fingerprint density at radius 3 is 1.81 bits per heavy atom. The zero-order valence-corrected chi connectivity index (χ0v) is 26.0. The molecule has 10 heteroatoms. The van der Waals surface area contributed by atoms with Crippen LogP contribution >= 0.6 is 0 Å². The molecular weight excluding hydrogens is 598 g/mol. The number of methoxy groups -OCH3 is 1. The Labute approximate surface area is 273 Å². The lowest BCUT2D eigenvalue weighted by Gasteiger charge is -2.29. The second-order valence-corrected chi connectivity index (χ2v) is 11.2. The molecule has 3 N–H and O–H groups in total. The highest BCUT2D eigenvalue weighted by atomic mass is 16.5. The van der Waals surface area contributed by atoms with E-state index in [2.05, 4.69) is 16.0 Å². The molecule has 0 radical (unpaired) electrons. The number of carbonyl (C=O) groups excluding carboxylic acids is 4. The lowest BCUT2D eigenvalue weighted by molar-refractivity contribution is -0.145. The number of piperazine rings is 1. The first kappa shape index (κ1) is 32.7. The number of esters is 1. The van der Waals surface area contributed by atoms with Gasteiger partial charge in [0.15, 0.2) is 11.5 Å². The Bertz CT molecular complexity index is 1670. The van der Waals surface area contributed by atoms with Crippen LogP contribution in [0.5, 0.6) is 11.5 Å². The summed E-state index contributed by atoms with van der Waals surface area (Å²) in [6, 6.07) is 31.2. The average molecular weight is 636 g/mol. The Morgan fingerprint density at radius 1 is 0.681 bits per heavy atom. The van der Waals surface area contributed by atoms with Crippen LogP contribution in [0, 0.1) is 0 Å². The summed E-state index contributed by atoms with van der Waals surface area (Å²) in [5.41, 5.74) is 3.54. The molecule has 3 amide bonds. The second kappa shape index (κ2) is 16.1. The normalized spacial score (nSPS) is 16.3. The lowest BCUT2D eigenvalue weighted by atomic mass is 10.0. The fraction of sp³-hybridized carbons (Fsp3) is 0.243. The number of carbonyl (C=O) groups is 4. The molecule has 1 aliphatic heterocycles. The Hall–Kier alpha value is -5.64. The van der Waals surface area contributed by atoms with Crippen LogP contribution in [0.4, 0.5) is 0 Å². The summed E-state index contributed by atoms with van der Waals surface area (Å²) >= 11 is 0. The standard InChI is InChI=1S/C37H37N3O7/c1-45-37(44)31(38-34(41)22-30-36(43)39-29(35(42)40-30)19-25-11-5-2-6-12-25)20-28-17-18-32(46-23-26-13-7-3-8-14-26)33(21-28)47-24-27-15-9-4-10-16-27/h2-18,21,29-31H,19-20,22-24H2,1H3,(H,38,41)(H,39,43)(H,40,42)/t29-,30-,31+/m0/s1. The Kier molecular flexibility index (Phi) is 11.2. The van der Waals surface area contributed by atoms with Gasteiger partial charge in [-0.15, -0.1) is 0 Å². The van der Waals surface area contributed by atoms with Gasteiger partial charge in [-0.2, -0.15) is 0 Å². The topological polar surface area (TPSA) is 132 Å². The highest BCUT2D eigenvalue weighted by molar-refractivity contribution is 5.99. The zero-order valence-electron chi connectivity index (χ0n) is 26.0. The van der Waals surface area contributed by atoms with Gasteiger partial charge >= 0.3 is 5.97 Å². The SMILES string of the molecule is COC(=O)[C@@H](Cc1ccc(OCc2ccccc2)c(OCc2ccccc2)c1)NC(=O)C[C@@H]1NC(=O)[C@H](Cc2ccccc2)NC1=O. The third-order valence-corrected chi connectivity index (χ3v) is 7.68. The smallest absolute Gasteiger partial charge is 0.328 e. The second-order valence-electron chi connectivity index (χ2n) is 11.2. The van der Waals surface area contributed by atoms with Crippen molar-refractivity contribution in [3.05, 3.63) is 131 Å². The van der Waals surface area contributed by atoms with Crippen LogP contribution < -0.4 is 25.4 Å². The molecule has 4 aromatic carbocycles. The third-order valence-electron chi connectivity index (χ3n) is 7.68. The van der Waals surface area contributed by atoms with E-state index in [0.29, 0.717) is 36.7 Å². The molecule has 0 aliphatic carbocycles. The summed E-state index contributed by atoms with van der Waals surface area (Å²) in [5.74, 6) is -1.10. The fourth-order valence-electron chi connectivity index (χ4n) is 5.21. The van der Waals surface area contributed by atoms with Crippen LogP contribution in [0.1, 0.15) is 28.7 Å². The molecule has 0 unspecified atom stereocenters. The molecule has 4 aromatic rings. The maximum atomic E-state index is 13.1. The van der Waals surface area contributed by atoms with E-state index in [1.807, 2.05) is 91.0 Å². The van der Waals surface area contributed by atoms with Gasteiger partial charge in [-0.25, -0.2) is 4.79 Å². The van der Waals surface area contributed by atoms with Crippen LogP contribution in [0.3, 0.4) is 0 Å². The van der Waals surface area contributed by atoms with Gasteiger partial charge in [0.05, 0.1) is 13.5 Å². The number of benzene rings is 4. The number of rotatable bonds is 14. The monoisotopic (exact) mass is 635 g/mol. The van der Waals surface area contributed by atoms with E-state index in [1.54, 1.807) is 18.2 Å². The molecule has 1 fully saturated rings. The first-order chi connectivity index (χ1) is 22.9. The van der Waals surface area contributed by atoms with E-state index in [-0.39, 0.29) is 18.7 Å². The zero-order chi connectivity index (χ0) is 33.0. The van der Waals surface area contributed by atoms with Crippen molar-refractivity contribution in [1.82, 2.24) is 16.0 Å². The van der Waals surface area contributed by atoms with Crippen molar-refractivity contribution in [2.75, 3.05) is 7.11 Å². The molecule has 1 saturated heterocycles. The number of ether oxygens (including phenoxy) is 3. The number of nitrogens with one attached hydrogen (secondary N) is 3. The van der Waals surface area contributed by atoms with Crippen LogP contribution in [0.2, 0.25) is 0 Å². The molecule has 0 saturated carbocycles. The largest absolute Gasteiger partial charge is 0.485 e. The molecule has 3 atom stereocenters. The van der Waals surface area contributed by atoms with Crippen molar-refractivity contribution in [2.45, 2.75) is 50.6 Å². The van der Waals surface area contributed by atoms with E-state index in [4.69, 9.17) is 14.2 Å². The number of hydrogen-bond acceptors (Lipinski definition) is 7. The molecular formula is C37H37N3O7. The van der Waals surface area contributed by atoms with Crippen molar-refractivity contribution >= 4 is 23.7 Å². The minimum atomic E-state index is -1.08. The molecule has 10 nitrogen and oxygen atoms in total. The van der Waals surface area contributed by atoms with Crippen molar-refractivity contribution < 1.29 is 33.4 Å². The predicted octanol–water partition coefficient (Wildman–Crippen LogP) is 3.66. The van der Waals surface area contributed by atoms with Gasteiger partial charge in [0.2, 0.25) is 17.7 Å². The average Bonchev–Trinajstić information content (AvgIpc) is 3.09. The summed E-state index contributed by atoms with van der Waals surface area (Å²) in [5, 5.41) is 8.02. The van der Waals surface area contributed by atoms with Gasteiger partial charge in [-0.3, -0.25) is 14.4 Å². The van der Waals surface area contributed by atoms with Crippen molar-refractivity contribution in [1.29, 1.82) is 0 Å². The quantitative estimate of drug-likeness (QED) is 0.180. The summed E-state index contributed by atoms with van der Waals surface area (Å²) in [4.78, 5) is 51.3.